The molecule has 18 heavy (non-hydrogen) atoms. The zero-order valence-electron chi connectivity index (χ0n) is 9.08. The Bertz CT molecular complexity index is 589. The van der Waals surface area contributed by atoms with E-state index in [1.54, 1.807) is 0 Å². The van der Waals surface area contributed by atoms with Gasteiger partial charge in [0.25, 0.3) is 0 Å². The predicted octanol–water partition coefficient (Wildman–Crippen LogP) is 3.61. The Morgan fingerprint density at radius 2 is 1.11 bits per heavy atom. The highest BCUT2D eigenvalue weighted by atomic mass is 19.2. The third kappa shape index (κ3) is 1.45. The largest absolute Gasteiger partial charge is 0.203 e. The zero-order valence-corrected chi connectivity index (χ0v) is 9.08. The second-order valence-corrected chi connectivity index (χ2v) is 4.13. The maximum atomic E-state index is 13.8. The maximum Gasteiger partial charge on any atom is 0.167 e. The number of aryl methyl sites for hydroxylation is 2. The van der Waals surface area contributed by atoms with Crippen molar-refractivity contribution >= 4 is 0 Å². The monoisotopic (exact) mass is 250 g/mol. The number of fused-ring (bicyclic) bond motifs is 3. The quantitative estimate of drug-likeness (QED) is 0.626. The highest BCUT2D eigenvalue weighted by molar-refractivity contribution is 5.74. The van der Waals surface area contributed by atoms with Crippen LogP contribution < -0.4 is 0 Å². The first kappa shape index (κ1) is 11.3. The lowest BCUT2D eigenvalue weighted by Crippen LogP contribution is -2.10. The second-order valence-electron chi connectivity index (χ2n) is 4.13. The fourth-order valence-corrected chi connectivity index (χ4v) is 2.28. The summed E-state index contributed by atoms with van der Waals surface area (Å²) in [5.74, 6) is -4.74. The lowest BCUT2D eigenvalue weighted by Gasteiger charge is -2.20. The van der Waals surface area contributed by atoms with Gasteiger partial charge in [-0.05, 0) is 36.1 Å². The van der Waals surface area contributed by atoms with E-state index in [0.717, 1.165) is 0 Å². The number of halogens is 4. The van der Waals surface area contributed by atoms with Crippen LogP contribution in [0.2, 0.25) is 0 Å². The second kappa shape index (κ2) is 3.83. The smallest absolute Gasteiger partial charge is 0.167 e. The molecular formula is C14H6F4. The molecule has 0 saturated heterocycles. The van der Waals surface area contributed by atoms with Gasteiger partial charge in [-0.3, -0.25) is 0 Å². The Morgan fingerprint density at radius 1 is 0.722 bits per heavy atom. The number of rotatable bonds is 0. The Hall–Kier alpha value is -1.84. The fourth-order valence-electron chi connectivity index (χ4n) is 2.28. The van der Waals surface area contributed by atoms with Gasteiger partial charge in [0.1, 0.15) is 0 Å². The number of hydrogen-bond acceptors (Lipinski definition) is 0. The zero-order chi connectivity index (χ0) is 12.9. The van der Waals surface area contributed by atoms with E-state index in [2.05, 4.69) is 12.1 Å². The van der Waals surface area contributed by atoms with Gasteiger partial charge < -0.3 is 0 Å². The highest BCUT2D eigenvalue weighted by Gasteiger charge is 2.26. The fraction of sp³-hybridized carbons (Fsp3) is 0.143. The maximum absolute atomic E-state index is 13.8. The number of benzene rings is 2. The van der Waals surface area contributed by atoms with E-state index in [-0.39, 0.29) is 11.1 Å². The summed E-state index contributed by atoms with van der Waals surface area (Å²) >= 11 is 0. The van der Waals surface area contributed by atoms with Crippen LogP contribution >= 0.6 is 0 Å². The molecule has 2 radical (unpaired) electrons. The standard InChI is InChI=1S/C14H6F4/c15-9-5-3-7-1-2-8-4-6-10(16)14(18)12(8)11(7)13(9)17/h3-4H,1-2H2. The van der Waals surface area contributed by atoms with Crippen molar-refractivity contribution < 1.29 is 17.6 Å². The Balaban J connectivity index is 2.40. The average molecular weight is 250 g/mol. The van der Waals surface area contributed by atoms with Crippen molar-refractivity contribution in [3.8, 4) is 11.1 Å². The summed E-state index contributed by atoms with van der Waals surface area (Å²) in [5.41, 5.74) is 0.479. The van der Waals surface area contributed by atoms with Crippen molar-refractivity contribution in [2.45, 2.75) is 12.8 Å². The summed E-state index contributed by atoms with van der Waals surface area (Å²) in [6.07, 6.45) is 0.879. The van der Waals surface area contributed by atoms with Crippen molar-refractivity contribution in [1.29, 1.82) is 0 Å². The molecule has 0 saturated carbocycles. The molecule has 0 atom stereocenters. The van der Waals surface area contributed by atoms with Gasteiger partial charge in [-0.1, -0.05) is 0 Å². The van der Waals surface area contributed by atoms with Gasteiger partial charge >= 0.3 is 0 Å². The van der Waals surface area contributed by atoms with Crippen LogP contribution in [0.15, 0.2) is 12.1 Å². The van der Waals surface area contributed by atoms with E-state index in [1.807, 2.05) is 0 Å². The van der Waals surface area contributed by atoms with E-state index in [4.69, 9.17) is 0 Å². The molecule has 0 bridgehead atoms. The van der Waals surface area contributed by atoms with E-state index < -0.39 is 23.3 Å². The van der Waals surface area contributed by atoms with Crippen LogP contribution in [-0.2, 0) is 12.8 Å². The minimum Gasteiger partial charge on any atom is -0.203 e. The van der Waals surface area contributed by atoms with Crippen LogP contribution in [0.4, 0.5) is 17.6 Å². The first-order chi connectivity index (χ1) is 8.59. The van der Waals surface area contributed by atoms with Gasteiger partial charge in [0, 0.05) is 23.3 Å². The van der Waals surface area contributed by atoms with Crippen molar-refractivity contribution in [1.82, 2.24) is 0 Å². The predicted molar refractivity (Wildman–Crippen MR) is 56.8 cm³/mol. The summed E-state index contributed by atoms with van der Waals surface area (Å²) in [7, 11) is 0. The average Bonchev–Trinajstić information content (AvgIpc) is 2.38. The molecule has 2 aromatic rings. The molecular weight excluding hydrogens is 244 g/mol. The van der Waals surface area contributed by atoms with Gasteiger partial charge in [0.05, 0.1) is 0 Å². The third-order valence-electron chi connectivity index (χ3n) is 3.13. The molecule has 1 aliphatic rings. The summed E-state index contributed by atoms with van der Waals surface area (Å²) in [6, 6.07) is 6.82. The van der Waals surface area contributed by atoms with Gasteiger partial charge in [0.15, 0.2) is 23.3 Å². The molecule has 2 aromatic carbocycles. The van der Waals surface area contributed by atoms with Crippen LogP contribution in [-0.4, -0.2) is 0 Å². The molecule has 0 heterocycles. The molecule has 3 rings (SSSR count). The first-order valence-corrected chi connectivity index (χ1v) is 5.37. The minimum absolute atomic E-state index is 0.196. The normalized spacial score (nSPS) is 13.1. The first-order valence-electron chi connectivity index (χ1n) is 5.37. The van der Waals surface area contributed by atoms with E-state index in [9.17, 15) is 17.6 Å². The van der Waals surface area contributed by atoms with E-state index in [1.165, 1.54) is 12.1 Å². The summed E-state index contributed by atoms with van der Waals surface area (Å²) < 4.78 is 53.9. The molecule has 0 aromatic heterocycles. The lowest BCUT2D eigenvalue weighted by molar-refractivity contribution is 0.496. The molecule has 0 unspecified atom stereocenters. The van der Waals surface area contributed by atoms with Crippen LogP contribution in [0.5, 0.6) is 0 Å². The van der Waals surface area contributed by atoms with Crippen molar-refractivity contribution in [2.24, 2.45) is 0 Å². The number of hydrogen-bond donors (Lipinski definition) is 0. The van der Waals surface area contributed by atoms with Crippen molar-refractivity contribution in [3.05, 3.63) is 58.7 Å². The van der Waals surface area contributed by atoms with Crippen molar-refractivity contribution in [3.63, 3.8) is 0 Å². The third-order valence-corrected chi connectivity index (χ3v) is 3.13. The Labute approximate surface area is 101 Å². The molecule has 90 valence electrons. The molecule has 0 N–H and O–H groups in total. The topological polar surface area (TPSA) is 0 Å². The molecule has 0 amide bonds. The molecule has 4 heteroatoms. The molecule has 0 aliphatic heterocycles. The van der Waals surface area contributed by atoms with Gasteiger partial charge in [0.2, 0.25) is 0 Å². The molecule has 0 nitrogen and oxygen atoms in total. The van der Waals surface area contributed by atoms with Gasteiger partial charge in [-0.2, -0.15) is 0 Å². The SMILES string of the molecule is Fc1[c]cc2c(c1F)-c1c(c[c]c(F)c1F)CC2. The van der Waals surface area contributed by atoms with Gasteiger partial charge in [-0.15, -0.1) is 0 Å². The van der Waals surface area contributed by atoms with E-state index in [0.29, 0.717) is 24.0 Å². The summed E-state index contributed by atoms with van der Waals surface area (Å²) in [6.45, 7) is 0. The Morgan fingerprint density at radius 3 is 1.50 bits per heavy atom. The molecule has 1 aliphatic carbocycles. The van der Waals surface area contributed by atoms with Crippen LogP contribution in [0.25, 0.3) is 11.1 Å². The van der Waals surface area contributed by atoms with E-state index >= 15 is 0 Å². The lowest BCUT2D eigenvalue weighted by atomic mass is 9.85. The van der Waals surface area contributed by atoms with Crippen LogP contribution in [0.1, 0.15) is 11.1 Å². The highest BCUT2D eigenvalue weighted by Crippen LogP contribution is 2.38. The molecule has 0 fully saturated rings. The summed E-state index contributed by atoms with van der Waals surface area (Å²) in [4.78, 5) is 0. The Kier molecular flexibility index (Phi) is 2.40. The minimum atomic E-state index is -1.19. The summed E-state index contributed by atoms with van der Waals surface area (Å²) in [5, 5.41) is 0. The van der Waals surface area contributed by atoms with Crippen molar-refractivity contribution in [2.75, 3.05) is 0 Å². The van der Waals surface area contributed by atoms with Gasteiger partial charge in [-0.25, -0.2) is 17.6 Å². The molecule has 0 spiro atoms. The van der Waals surface area contributed by atoms with Crippen LogP contribution in [0, 0.1) is 35.4 Å². The van der Waals surface area contributed by atoms with Crippen LogP contribution in [0.3, 0.4) is 0 Å².